The number of aliphatic hydroxyl groups excluding tert-OH is 1. The number of hydrogen-bond acceptors (Lipinski definition) is 6. The number of nitrogens with one attached hydrogen (secondary N) is 1. The molecular weight excluding hydrogens is 332 g/mol. The molecule has 0 amide bonds. The van der Waals surface area contributed by atoms with Gasteiger partial charge in [0.05, 0.1) is 24.6 Å². The van der Waals surface area contributed by atoms with Crippen LogP contribution in [0.4, 0.5) is 0 Å². The molecule has 0 spiro atoms. The Hall–Kier alpha value is -1.00. The van der Waals surface area contributed by atoms with E-state index >= 15 is 0 Å². The molecule has 0 aliphatic carbocycles. The lowest BCUT2D eigenvalue weighted by Gasteiger charge is -2.30. The summed E-state index contributed by atoms with van der Waals surface area (Å²) in [7, 11) is -3.59. The predicted octanol–water partition coefficient (Wildman–Crippen LogP) is -0.412. The van der Waals surface area contributed by atoms with Gasteiger partial charge < -0.3 is 9.84 Å². The molecule has 9 heteroatoms. The van der Waals surface area contributed by atoms with Crippen molar-refractivity contribution in [3.8, 4) is 0 Å². The Morgan fingerprint density at radius 2 is 1.92 bits per heavy atom. The highest BCUT2D eigenvalue weighted by molar-refractivity contribution is 7.89. The Kier molecular flexibility index (Phi) is 5.26. The summed E-state index contributed by atoms with van der Waals surface area (Å²) >= 11 is 0. The molecule has 8 nitrogen and oxygen atoms in total. The van der Waals surface area contributed by atoms with Gasteiger partial charge in [-0.05, 0) is 19.8 Å². The minimum atomic E-state index is -3.59. The molecule has 0 aromatic carbocycles. The molecule has 2 saturated heterocycles. The second-order valence-corrected chi connectivity index (χ2v) is 8.58. The lowest BCUT2D eigenvalue weighted by molar-refractivity contribution is 0.0266. The van der Waals surface area contributed by atoms with Crippen molar-refractivity contribution in [1.82, 2.24) is 19.4 Å². The van der Waals surface area contributed by atoms with Crippen molar-refractivity contribution in [3.63, 3.8) is 0 Å². The van der Waals surface area contributed by atoms with Crippen LogP contribution in [0.25, 0.3) is 0 Å². The molecule has 24 heavy (non-hydrogen) atoms. The van der Waals surface area contributed by atoms with Gasteiger partial charge in [-0.25, -0.2) is 8.42 Å². The molecule has 0 unspecified atom stereocenters. The zero-order valence-corrected chi connectivity index (χ0v) is 15.0. The van der Waals surface area contributed by atoms with Crippen molar-refractivity contribution in [3.05, 3.63) is 11.4 Å². The van der Waals surface area contributed by atoms with Gasteiger partial charge in [0.25, 0.3) is 0 Å². The SMILES string of the molecule is Cc1n[nH]c(C)c1S(=O)(=O)N1C[C@@H](CN2CCOCC2)[C@@H](CO)C1. The van der Waals surface area contributed by atoms with E-state index in [-0.39, 0.29) is 23.3 Å². The zero-order chi connectivity index (χ0) is 17.3. The fourth-order valence-electron chi connectivity index (χ4n) is 3.67. The summed E-state index contributed by atoms with van der Waals surface area (Å²) < 4.78 is 32.8. The maximum absolute atomic E-state index is 13.0. The van der Waals surface area contributed by atoms with Crippen LogP contribution in [-0.2, 0) is 14.8 Å². The van der Waals surface area contributed by atoms with E-state index in [9.17, 15) is 13.5 Å². The molecule has 1 aromatic rings. The van der Waals surface area contributed by atoms with Gasteiger partial charge in [0.2, 0.25) is 10.0 Å². The summed E-state index contributed by atoms with van der Waals surface area (Å²) in [4.78, 5) is 2.56. The van der Waals surface area contributed by atoms with Crippen LogP contribution in [0.3, 0.4) is 0 Å². The van der Waals surface area contributed by atoms with Crippen molar-refractivity contribution < 1.29 is 18.3 Å². The number of H-pyrrole nitrogens is 1. The zero-order valence-electron chi connectivity index (χ0n) is 14.2. The summed E-state index contributed by atoms with van der Waals surface area (Å²) in [5.41, 5.74) is 1.05. The molecule has 1 aromatic heterocycles. The van der Waals surface area contributed by atoms with Gasteiger partial charge in [0.1, 0.15) is 4.90 Å². The monoisotopic (exact) mass is 358 g/mol. The third kappa shape index (κ3) is 3.36. The largest absolute Gasteiger partial charge is 0.396 e. The number of hydrogen-bond donors (Lipinski definition) is 2. The van der Waals surface area contributed by atoms with Crippen molar-refractivity contribution in [2.75, 3.05) is 52.5 Å². The smallest absolute Gasteiger partial charge is 0.246 e. The first-order valence-electron chi connectivity index (χ1n) is 8.36. The molecule has 2 aliphatic heterocycles. The third-order valence-corrected chi connectivity index (χ3v) is 7.13. The summed E-state index contributed by atoms with van der Waals surface area (Å²) in [6, 6.07) is 0. The molecule has 3 rings (SSSR count). The molecule has 0 radical (unpaired) electrons. The third-order valence-electron chi connectivity index (χ3n) is 5.03. The number of morpholine rings is 1. The second-order valence-electron chi connectivity index (χ2n) is 6.70. The topological polar surface area (TPSA) is 98.8 Å². The molecule has 2 N–H and O–H groups in total. The van der Waals surface area contributed by atoms with Crippen molar-refractivity contribution in [1.29, 1.82) is 0 Å². The van der Waals surface area contributed by atoms with Crippen molar-refractivity contribution in [2.24, 2.45) is 11.8 Å². The summed E-state index contributed by atoms with van der Waals surface area (Å²) in [6.45, 7) is 8.17. The van der Waals surface area contributed by atoms with Gasteiger partial charge in [-0.1, -0.05) is 0 Å². The summed E-state index contributed by atoms with van der Waals surface area (Å²) in [5, 5.41) is 16.5. The molecule has 3 heterocycles. The maximum atomic E-state index is 13.0. The van der Waals surface area contributed by atoms with E-state index in [1.807, 2.05) is 0 Å². The van der Waals surface area contributed by atoms with E-state index in [0.717, 1.165) is 19.6 Å². The molecule has 2 fully saturated rings. The molecule has 0 saturated carbocycles. The van der Waals surface area contributed by atoms with Crippen LogP contribution in [0, 0.1) is 25.7 Å². The normalized spacial score (nSPS) is 27.0. The highest BCUT2D eigenvalue weighted by atomic mass is 32.2. The quantitative estimate of drug-likeness (QED) is 0.742. The number of aromatic nitrogens is 2. The van der Waals surface area contributed by atoms with Gasteiger partial charge in [-0.2, -0.15) is 9.40 Å². The fraction of sp³-hybridized carbons (Fsp3) is 0.800. The van der Waals surface area contributed by atoms with Crippen LogP contribution in [0.15, 0.2) is 4.90 Å². The lowest BCUT2D eigenvalue weighted by Crippen LogP contribution is -2.41. The van der Waals surface area contributed by atoms with Crippen molar-refractivity contribution in [2.45, 2.75) is 18.7 Å². The van der Waals surface area contributed by atoms with Gasteiger partial charge in [-0.15, -0.1) is 0 Å². The minimum absolute atomic E-state index is 0.00434. The van der Waals surface area contributed by atoms with Crippen LogP contribution in [0.5, 0.6) is 0 Å². The predicted molar refractivity (Wildman–Crippen MR) is 88.1 cm³/mol. The first-order valence-corrected chi connectivity index (χ1v) is 9.80. The van der Waals surface area contributed by atoms with E-state index in [0.29, 0.717) is 37.7 Å². The summed E-state index contributed by atoms with van der Waals surface area (Å²) in [6.07, 6.45) is 0. The summed E-state index contributed by atoms with van der Waals surface area (Å²) in [5.74, 6) is 0.102. The number of aromatic amines is 1. The van der Waals surface area contributed by atoms with Crippen LogP contribution >= 0.6 is 0 Å². The van der Waals surface area contributed by atoms with E-state index in [2.05, 4.69) is 15.1 Å². The molecule has 136 valence electrons. The first-order chi connectivity index (χ1) is 11.4. The average Bonchev–Trinajstić information content (AvgIpc) is 3.12. The molecule has 2 atom stereocenters. The van der Waals surface area contributed by atoms with Gasteiger partial charge in [0, 0.05) is 45.2 Å². The number of ether oxygens (including phenoxy) is 1. The first kappa shape index (κ1) is 17.8. The van der Waals surface area contributed by atoms with Gasteiger partial charge >= 0.3 is 0 Å². The standard InChI is InChI=1S/C15H26N4O4S/c1-11-15(12(2)17-16-11)24(21,22)19-8-13(14(9-19)10-20)7-18-3-5-23-6-4-18/h13-14,20H,3-10H2,1-2H3,(H,16,17)/t13-,14-/m1/s1. The van der Waals surface area contributed by atoms with Crippen LogP contribution in [0.1, 0.15) is 11.4 Å². The Morgan fingerprint density at radius 1 is 1.25 bits per heavy atom. The Balaban J connectivity index is 1.75. The van der Waals surface area contributed by atoms with Crippen molar-refractivity contribution >= 4 is 10.0 Å². The number of nitrogens with zero attached hydrogens (tertiary/aromatic N) is 3. The highest BCUT2D eigenvalue weighted by Crippen LogP contribution is 2.31. The molecule has 2 aliphatic rings. The number of sulfonamides is 1. The number of aliphatic hydroxyl groups is 1. The van der Waals surface area contributed by atoms with Gasteiger partial charge in [0.15, 0.2) is 0 Å². The van der Waals surface area contributed by atoms with Crippen LogP contribution in [0.2, 0.25) is 0 Å². The Morgan fingerprint density at radius 3 is 2.50 bits per heavy atom. The second kappa shape index (κ2) is 7.09. The lowest BCUT2D eigenvalue weighted by atomic mass is 9.96. The fourth-order valence-corrected chi connectivity index (χ4v) is 5.56. The Labute approximate surface area is 142 Å². The minimum Gasteiger partial charge on any atom is -0.396 e. The molecule has 0 bridgehead atoms. The van der Waals surface area contributed by atoms with E-state index in [1.165, 1.54) is 4.31 Å². The van der Waals surface area contributed by atoms with E-state index < -0.39 is 10.0 Å². The van der Waals surface area contributed by atoms with E-state index in [4.69, 9.17) is 4.74 Å². The molecular formula is C15H26N4O4S. The van der Waals surface area contributed by atoms with E-state index in [1.54, 1.807) is 13.8 Å². The van der Waals surface area contributed by atoms with Crippen LogP contribution in [-0.4, -0.2) is 85.5 Å². The average molecular weight is 358 g/mol. The number of aryl methyl sites for hydroxylation is 2. The highest BCUT2D eigenvalue weighted by Gasteiger charge is 2.41. The Bertz CT molecular complexity index is 650. The van der Waals surface area contributed by atoms with Gasteiger partial charge in [-0.3, -0.25) is 10.00 Å². The maximum Gasteiger partial charge on any atom is 0.246 e. The number of rotatable bonds is 5. The van der Waals surface area contributed by atoms with Crippen LogP contribution < -0.4 is 0 Å².